The predicted molar refractivity (Wildman–Crippen MR) is 73.3 cm³/mol. The van der Waals surface area contributed by atoms with Crippen molar-refractivity contribution >= 4 is 21.7 Å². The van der Waals surface area contributed by atoms with Gasteiger partial charge in [0.25, 0.3) is 0 Å². The van der Waals surface area contributed by atoms with Crippen molar-refractivity contribution in [3.05, 3.63) is 22.6 Å². The number of hydrogen-bond donors (Lipinski definition) is 0. The molecule has 2 aliphatic heterocycles. The monoisotopic (exact) mass is 313 g/mol. The third kappa shape index (κ3) is 2.14. The summed E-state index contributed by atoms with van der Waals surface area (Å²) in [5.74, 6) is 0.268. The smallest absolute Gasteiger partial charge is 0.166 e. The molecule has 0 saturated carbocycles. The Hall–Kier alpha value is -0.680. The van der Waals surface area contributed by atoms with Gasteiger partial charge in [-0.2, -0.15) is 0 Å². The van der Waals surface area contributed by atoms with Crippen LogP contribution in [-0.2, 0) is 0 Å². The van der Waals surface area contributed by atoms with Gasteiger partial charge in [0.2, 0.25) is 0 Å². The maximum Gasteiger partial charge on any atom is 0.166 e. The molecule has 0 amide bonds. The van der Waals surface area contributed by atoms with Crippen molar-refractivity contribution < 1.29 is 4.39 Å². The van der Waals surface area contributed by atoms with Crippen LogP contribution in [0.1, 0.15) is 19.3 Å². The van der Waals surface area contributed by atoms with Crippen LogP contribution >= 0.6 is 15.9 Å². The van der Waals surface area contributed by atoms with Gasteiger partial charge in [0.1, 0.15) is 0 Å². The molecule has 18 heavy (non-hydrogen) atoms. The molecule has 0 radical (unpaired) electrons. The van der Waals surface area contributed by atoms with E-state index in [9.17, 15) is 4.39 Å². The highest BCUT2D eigenvalue weighted by Gasteiger charge is 2.35. The second-order valence-corrected chi connectivity index (χ2v) is 6.16. The molecule has 2 saturated heterocycles. The number of hydrogen-bond acceptors (Lipinski definition) is 3. The van der Waals surface area contributed by atoms with Gasteiger partial charge in [0.05, 0.1) is 0 Å². The van der Waals surface area contributed by atoms with Crippen molar-refractivity contribution in [2.24, 2.45) is 0 Å². The number of anilines is 1. The molecule has 98 valence electrons. The Morgan fingerprint density at radius 3 is 2.89 bits per heavy atom. The first-order valence-electron chi connectivity index (χ1n) is 6.43. The maximum atomic E-state index is 14.0. The summed E-state index contributed by atoms with van der Waals surface area (Å²) in [6, 6.07) is 2.70. The molecule has 0 N–H and O–H groups in total. The average molecular weight is 314 g/mol. The summed E-state index contributed by atoms with van der Waals surface area (Å²) in [4.78, 5) is 8.79. The Bertz CT molecular complexity index is 454. The topological polar surface area (TPSA) is 19.4 Å². The van der Waals surface area contributed by atoms with E-state index in [1.165, 1.54) is 18.9 Å². The van der Waals surface area contributed by atoms with Crippen LogP contribution < -0.4 is 4.90 Å². The van der Waals surface area contributed by atoms with Gasteiger partial charge in [0.15, 0.2) is 11.6 Å². The summed E-state index contributed by atoms with van der Waals surface area (Å²) >= 11 is 3.25. The number of halogens is 2. The van der Waals surface area contributed by atoms with Crippen LogP contribution in [0.3, 0.4) is 0 Å². The summed E-state index contributed by atoms with van der Waals surface area (Å²) in [7, 11) is 2.19. The van der Waals surface area contributed by atoms with Gasteiger partial charge in [-0.3, -0.25) is 4.90 Å². The van der Waals surface area contributed by atoms with E-state index >= 15 is 0 Å². The van der Waals surface area contributed by atoms with Crippen LogP contribution in [0.2, 0.25) is 0 Å². The third-order valence-corrected chi connectivity index (χ3v) is 4.67. The van der Waals surface area contributed by atoms with E-state index in [1.54, 1.807) is 6.20 Å². The van der Waals surface area contributed by atoms with Gasteiger partial charge in [-0.15, -0.1) is 0 Å². The van der Waals surface area contributed by atoms with E-state index < -0.39 is 0 Å². The van der Waals surface area contributed by atoms with Crippen LogP contribution in [0, 0.1) is 5.82 Å². The molecule has 5 heteroatoms. The van der Waals surface area contributed by atoms with Gasteiger partial charge in [0, 0.05) is 35.8 Å². The van der Waals surface area contributed by atoms with Crippen molar-refractivity contribution in [2.45, 2.75) is 31.3 Å². The molecule has 0 aliphatic carbocycles. The highest BCUT2D eigenvalue weighted by molar-refractivity contribution is 9.10. The third-order valence-electron chi connectivity index (χ3n) is 4.24. The first-order chi connectivity index (χ1) is 8.65. The maximum absolute atomic E-state index is 14.0. The Labute approximate surface area is 115 Å². The Morgan fingerprint density at radius 1 is 1.33 bits per heavy atom. The van der Waals surface area contributed by atoms with Gasteiger partial charge in [-0.25, -0.2) is 9.37 Å². The lowest BCUT2D eigenvalue weighted by atomic mass is 10.1. The number of likely N-dealkylation sites (N-methyl/N-ethyl adjacent to an activating group) is 1. The highest BCUT2D eigenvalue weighted by atomic mass is 79.9. The van der Waals surface area contributed by atoms with Crippen LogP contribution in [-0.4, -0.2) is 42.1 Å². The lowest BCUT2D eigenvalue weighted by molar-refractivity contribution is 0.254. The first kappa shape index (κ1) is 12.4. The molecule has 2 aliphatic rings. The van der Waals surface area contributed by atoms with Crippen molar-refractivity contribution in [2.75, 3.05) is 25.0 Å². The molecule has 2 atom stereocenters. The molecule has 2 fully saturated rings. The standard InChI is InChI=1S/C13H17BrFN3/c1-17-10-2-3-11(17)8-18(5-4-10)13-12(15)6-9(14)7-16-13/h6-7,10-11H,2-5,8H2,1H3. The summed E-state index contributed by atoms with van der Waals surface area (Å²) < 4.78 is 14.7. The SMILES string of the molecule is CN1C2CCC1CN(c1ncc(Br)cc1F)CC2. The number of rotatable bonds is 1. The Morgan fingerprint density at radius 2 is 2.11 bits per heavy atom. The molecule has 3 rings (SSSR count). The van der Waals surface area contributed by atoms with Gasteiger partial charge >= 0.3 is 0 Å². The number of fused-ring (bicyclic) bond motifs is 2. The second kappa shape index (κ2) is 4.78. The molecule has 1 aromatic heterocycles. The zero-order valence-corrected chi connectivity index (χ0v) is 12.0. The van der Waals surface area contributed by atoms with Gasteiger partial charge in [-0.05, 0) is 48.3 Å². The zero-order valence-electron chi connectivity index (χ0n) is 10.4. The molecule has 3 nitrogen and oxygen atoms in total. The quantitative estimate of drug-likeness (QED) is 0.794. The fourth-order valence-electron chi connectivity index (χ4n) is 3.14. The minimum atomic E-state index is -0.232. The summed E-state index contributed by atoms with van der Waals surface area (Å²) in [5.41, 5.74) is 0. The van der Waals surface area contributed by atoms with E-state index in [0.29, 0.717) is 22.4 Å². The Kier molecular flexibility index (Phi) is 3.28. The molecule has 0 spiro atoms. The molecule has 2 bridgehead atoms. The molecule has 0 aromatic carbocycles. The van der Waals surface area contributed by atoms with Crippen molar-refractivity contribution in [3.63, 3.8) is 0 Å². The van der Waals surface area contributed by atoms with Crippen LogP contribution in [0.4, 0.5) is 10.2 Å². The van der Waals surface area contributed by atoms with E-state index in [2.05, 4.69) is 37.8 Å². The van der Waals surface area contributed by atoms with E-state index in [4.69, 9.17) is 0 Å². The number of pyridine rings is 1. The summed E-state index contributed by atoms with van der Waals surface area (Å²) in [5, 5.41) is 0. The van der Waals surface area contributed by atoms with Crippen molar-refractivity contribution in [3.8, 4) is 0 Å². The number of nitrogens with zero attached hydrogens (tertiary/aromatic N) is 3. The lowest BCUT2D eigenvalue weighted by Crippen LogP contribution is -2.37. The fourth-order valence-corrected chi connectivity index (χ4v) is 3.44. The molecular weight excluding hydrogens is 297 g/mol. The fraction of sp³-hybridized carbons (Fsp3) is 0.615. The van der Waals surface area contributed by atoms with Crippen LogP contribution in [0.25, 0.3) is 0 Å². The molecule has 2 unspecified atom stereocenters. The minimum absolute atomic E-state index is 0.232. The van der Waals surface area contributed by atoms with E-state index in [0.717, 1.165) is 19.5 Å². The molecule has 1 aromatic rings. The van der Waals surface area contributed by atoms with E-state index in [-0.39, 0.29) is 5.82 Å². The zero-order chi connectivity index (χ0) is 12.7. The summed E-state index contributed by atoms with van der Waals surface area (Å²) in [6.07, 6.45) is 5.27. The normalized spacial score (nSPS) is 28.5. The van der Waals surface area contributed by atoms with Gasteiger partial charge in [-0.1, -0.05) is 0 Å². The van der Waals surface area contributed by atoms with Crippen molar-refractivity contribution in [1.29, 1.82) is 0 Å². The van der Waals surface area contributed by atoms with Crippen molar-refractivity contribution in [1.82, 2.24) is 9.88 Å². The minimum Gasteiger partial charge on any atom is -0.353 e. The highest BCUT2D eigenvalue weighted by Crippen LogP contribution is 2.31. The summed E-state index contributed by atoms with van der Waals surface area (Å²) in [6.45, 7) is 1.79. The van der Waals surface area contributed by atoms with Gasteiger partial charge < -0.3 is 4.90 Å². The van der Waals surface area contributed by atoms with E-state index in [1.807, 2.05) is 0 Å². The Balaban J connectivity index is 1.84. The van der Waals surface area contributed by atoms with Crippen LogP contribution in [0.5, 0.6) is 0 Å². The molecular formula is C13H17BrFN3. The lowest BCUT2D eigenvalue weighted by Gasteiger charge is -2.26. The molecule has 3 heterocycles. The largest absolute Gasteiger partial charge is 0.353 e. The van der Waals surface area contributed by atoms with Crippen LogP contribution in [0.15, 0.2) is 16.7 Å². The number of aromatic nitrogens is 1. The second-order valence-electron chi connectivity index (χ2n) is 5.24. The first-order valence-corrected chi connectivity index (χ1v) is 7.22. The average Bonchev–Trinajstić information content (AvgIpc) is 2.55. The predicted octanol–water partition coefficient (Wildman–Crippen LogP) is 2.66.